The average molecular weight is 437 g/mol. The van der Waals surface area contributed by atoms with E-state index in [9.17, 15) is 22.4 Å². The molecule has 0 saturated heterocycles. The van der Waals surface area contributed by atoms with Gasteiger partial charge in [0.2, 0.25) is 11.8 Å². The van der Waals surface area contributed by atoms with Crippen molar-refractivity contribution < 1.29 is 22.4 Å². The van der Waals surface area contributed by atoms with Crippen molar-refractivity contribution >= 4 is 44.8 Å². The van der Waals surface area contributed by atoms with Gasteiger partial charge in [0.25, 0.3) is 0 Å². The van der Waals surface area contributed by atoms with E-state index >= 15 is 0 Å². The Kier molecular flexibility index (Phi) is 6.28. The summed E-state index contributed by atoms with van der Waals surface area (Å²) in [4.78, 5) is 25.0. The summed E-state index contributed by atoms with van der Waals surface area (Å²) >= 11 is 1.49. The zero-order valence-corrected chi connectivity index (χ0v) is 17.6. The number of carbonyl (C=O) groups is 2. The first-order valence-electron chi connectivity index (χ1n) is 9.02. The normalized spacial score (nSPS) is 16.5. The van der Waals surface area contributed by atoms with Gasteiger partial charge >= 0.3 is 0 Å². The summed E-state index contributed by atoms with van der Waals surface area (Å²) < 4.78 is 38.9. The van der Waals surface area contributed by atoms with Gasteiger partial charge in [0.1, 0.15) is 5.82 Å². The van der Waals surface area contributed by atoms with Crippen molar-refractivity contribution in [2.45, 2.75) is 30.1 Å². The summed E-state index contributed by atoms with van der Waals surface area (Å²) in [6.45, 7) is 3.42. The third-order valence-electron chi connectivity index (χ3n) is 4.56. The molecule has 0 fully saturated rings. The highest BCUT2D eigenvalue weighted by Gasteiger charge is 2.23. The van der Waals surface area contributed by atoms with Gasteiger partial charge < -0.3 is 10.6 Å². The fourth-order valence-corrected chi connectivity index (χ4v) is 4.98. The number of anilines is 2. The van der Waals surface area contributed by atoms with E-state index in [4.69, 9.17) is 0 Å². The number of sulfone groups is 1. The minimum atomic E-state index is -3.73. The molecule has 1 atom stereocenters. The molecule has 2 aromatic carbocycles. The highest BCUT2D eigenvalue weighted by molar-refractivity contribution is 7.99. The van der Waals surface area contributed by atoms with Gasteiger partial charge in [-0.15, -0.1) is 11.8 Å². The van der Waals surface area contributed by atoms with Crippen molar-refractivity contribution in [1.29, 1.82) is 0 Å². The number of amides is 2. The molecule has 154 valence electrons. The molecule has 0 unspecified atom stereocenters. The fourth-order valence-electron chi connectivity index (χ4n) is 2.71. The van der Waals surface area contributed by atoms with Crippen molar-refractivity contribution in [3.05, 3.63) is 47.8 Å². The maximum Gasteiger partial charge on any atom is 0.228 e. The lowest BCUT2D eigenvalue weighted by molar-refractivity contribution is -0.118. The van der Waals surface area contributed by atoms with E-state index in [-0.39, 0.29) is 28.8 Å². The van der Waals surface area contributed by atoms with Crippen molar-refractivity contribution in [1.82, 2.24) is 0 Å². The summed E-state index contributed by atoms with van der Waals surface area (Å²) in [7, 11) is -3.73. The summed E-state index contributed by atoms with van der Waals surface area (Å²) in [6, 6.07) is 8.86. The molecule has 3 rings (SSSR count). The van der Waals surface area contributed by atoms with Crippen LogP contribution in [0.1, 0.15) is 18.9 Å². The number of fused-ring (bicyclic) bond motifs is 1. The molecular weight excluding hydrogens is 415 g/mol. The number of hydrogen-bond acceptors (Lipinski definition) is 5. The van der Waals surface area contributed by atoms with Crippen molar-refractivity contribution in [3.8, 4) is 0 Å². The number of hydrogen-bond donors (Lipinski definition) is 2. The molecule has 2 N–H and O–H groups in total. The van der Waals surface area contributed by atoms with E-state index in [1.807, 2.05) is 6.92 Å². The highest BCUT2D eigenvalue weighted by Crippen LogP contribution is 2.34. The number of benzene rings is 2. The molecule has 0 spiro atoms. The summed E-state index contributed by atoms with van der Waals surface area (Å²) in [5.41, 5.74) is 1.19. The standard InChI is InChI=1S/C20H21FN2O4S2/c1-12-3-4-14(9-16(12)21)22-19(24)7-8-29(26,27)15-5-6-18-17(10-15)23-20(25)13(2)11-28-18/h3-6,9-10,13H,7-8,11H2,1-2H3,(H,22,24)(H,23,25)/t13-/m1/s1. The zero-order chi connectivity index (χ0) is 21.2. The Morgan fingerprint density at radius 2 is 2.03 bits per heavy atom. The summed E-state index contributed by atoms with van der Waals surface area (Å²) in [5, 5.41) is 5.25. The molecule has 0 saturated carbocycles. The fraction of sp³-hybridized carbons (Fsp3) is 0.300. The lowest BCUT2D eigenvalue weighted by atomic mass is 10.2. The van der Waals surface area contributed by atoms with Gasteiger partial charge in [-0.1, -0.05) is 13.0 Å². The second-order valence-corrected chi connectivity index (χ2v) is 10.1. The van der Waals surface area contributed by atoms with Crippen LogP contribution in [0.15, 0.2) is 46.2 Å². The molecule has 2 amide bonds. The van der Waals surface area contributed by atoms with Crippen molar-refractivity contribution in [3.63, 3.8) is 0 Å². The number of rotatable bonds is 5. The molecule has 1 aliphatic heterocycles. The first-order chi connectivity index (χ1) is 13.7. The Morgan fingerprint density at radius 3 is 2.76 bits per heavy atom. The van der Waals surface area contributed by atoms with Crippen LogP contribution in [0.25, 0.3) is 0 Å². The van der Waals surface area contributed by atoms with Gasteiger partial charge in [-0.3, -0.25) is 9.59 Å². The smallest absolute Gasteiger partial charge is 0.228 e. The van der Waals surface area contributed by atoms with Crippen LogP contribution in [0, 0.1) is 18.7 Å². The maximum absolute atomic E-state index is 13.6. The number of carbonyl (C=O) groups excluding carboxylic acids is 2. The highest BCUT2D eigenvalue weighted by atomic mass is 32.2. The Morgan fingerprint density at radius 1 is 1.28 bits per heavy atom. The van der Waals surface area contributed by atoms with Crippen LogP contribution < -0.4 is 10.6 Å². The van der Waals surface area contributed by atoms with Gasteiger partial charge in [-0.25, -0.2) is 12.8 Å². The minimum absolute atomic E-state index is 0.0425. The molecule has 1 heterocycles. The predicted molar refractivity (Wildman–Crippen MR) is 111 cm³/mol. The van der Waals surface area contributed by atoms with Crippen LogP contribution >= 0.6 is 11.8 Å². The van der Waals surface area contributed by atoms with Crippen LogP contribution in [0.3, 0.4) is 0 Å². The van der Waals surface area contributed by atoms with Gasteiger partial charge in [-0.2, -0.15) is 0 Å². The molecule has 6 nitrogen and oxygen atoms in total. The second-order valence-electron chi connectivity index (χ2n) is 6.94. The SMILES string of the molecule is Cc1ccc(NC(=O)CCS(=O)(=O)c2ccc3c(c2)NC(=O)[C@H](C)CS3)cc1F. The molecule has 2 aromatic rings. The average Bonchev–Trinajstić information content (AvgIpc) is 2.81. The summed E-state index contributed by atoms with van der Waals surface area (Å²) in [5.74, 6) is -1.09. The number of halogens is 1. The third kappa shape index (κ3) is 5.16. The van der Waals surface area contributed by atoms with Gasteiger partial charge in [0.15, 0.2) is 9.84 Å². The molecule has 0 aliphatic carbocycles. The molecule has 0 aromatic heterocycles. The Balaban J connectivity index is 1.68. The van der Waals surface area contributed by atoms with Crippen LogP contribution in [0.5, 0.6) is 0 Å². The Hall–Kier alpha value is -2.39. The molecule has 1 aliphatic rings. The molecule has 0 radical (unpaired) electrons. The predicted octanol–water partition coefficient (Wildman–Crippen LogP) is 3.62. The van der Waals surface area contributed by atoms with Crippen LogP contribution in [-0.4, -0.2) is 31.7 Å². The van der Waals surface area contributed by atoms with E-state index in [0.717, 1.165) is 4.90 Å². The van der Waals surface area contributed by atoms with Gasteiger partial charge in [0, 0.05) is 28.7 Å². The molecular formula is C20H21FN2O4S2. The zero-order valence-electron chi connectivity index (χ0n) is 16.0. The van der Waals surface area contributed by atoms with Crippen LogP contribution in [-0.2, 0) is 19.4 Å². The van der Waals surface area contributed by atoms with Crippen molar-refractivity contribution in [2.24, 2.45) is 5.92 Å². The van der Waals surface area contributed by atoms with Gasteiger partial charge in [-0.05, 0) is 42.8 Å². The number of thioether (sulfide) groups is 1. The largest absolute Gasteiger partial charge is 0.326 e. The second kappa shape index (κ2) is 8.54. The first-order valence-corrected chi connectivity index (χ1v) is 11.7. The third-order valence-corrected chi connectivity index (χ3v) is 7.61. The number of nitrogens with one attached hydrogen (secondary N) is 2. The first kappa shape index (κ1) is 21.3. The van der Waals surface area contributed by atoms with Crippen LogP contribution in [0.2, 0.25) is 0 Å². The maximum atomic E-state index is 13.6. The molecule has 0 bridgehead atoms. The molecule has 9 heteroatoms. The van der Waals surface area contributed by atoms with E-state index < -0.39 is 27.3 Å². The van der Waals surface area contributed by atoms with E-state index in [1.54, 1.807) is 19.1 Å². The van der Waals surface area contributed by atoms with Crippen LogP contribution in [0.4, 0.5) is 15.8 Å². The van der Waals surface area contributed by atoms with E-state index in [1.165, 1.54) is 36.0 Å². The summed E-state index contributed by atoms with van der Waals surface area (Å²) in [6.07, 6.45) is -0.271. The topological polar surface area (TPSA) is 92.3 Å². The quantitative estimate of drug-likeness (QED) is 0.747. The molecule has 29 heavy (non-hydrogen) atoms. The monoisotopic (exact) mass is 436 g/mol. The van der Waals surface area contributed by atoms with Crippen molar-refractivity contribution in [2.75, 3.05) is 22.1 Å². The van der Waals surface area contributed by atoms with E-state index in [0.29, 0.717) is 17.0 Å². The minimum Gasteiger partial charge on any atom is -0.326 e. The lowest BCUT2D eigenvalue weighted by Crippen LogP contribution is -2.20. The lowest BCUT2D eigenvalue weighted by Gasteiger charge is -2.10. The van der Waals surface area contributed by atoms with Gasteiger partial charge in [0.05, 0.1) is 16.3 Å². The van der Waals surface area contributed by atoms with E-state index in [2.05, 4.69) is 10.6 Å². The Bertz CT molecular complexity index is 1070. The number of aryl methyl sites for hydroxylation is 1. The Labute approximate surface area is 173 Å².